The van der Waals surface area contributed by atoms with Crippen LogP contribution in [0.4, 0.5) is 10.2 Å². The van der Waals surface area contributed by atoms with E-state index in [0.717, 1.165) is 12.4 Å². The summed E-state index contributed by atoms with van der Waals surface area (Å²) >= 11 is 0. The number of methoxy groups -OCH3 is 1. The monoisotopic (exact) mass is 210 g/mol. The number of anilines is 1. The van der Waals surface area contributed by atoms with Gasteiger partial charge in [0.15, 0.2) is 0 Å². The average molecular weight is 210 g/mol. The highest BCUT2D eigenvalue weighted by atomic mass is 19.1. The van der Waals surface area contributed by atoms with Crippen LogP contribution in [0.3, 0.4) is 0 Å². The standard InChI is InChI=1S/C11H15FN2O/c1-15-8-7-14(9-5-6-9)11-4-2-3-10(12)13-11/h2-4,9H,5-8H2,1H3. The molecule has 0 atom stereocenters. The molecule has 0 aliphatic heterocycles. The number of hydrogen-bond donors (Lipinski definition) is 0. The second-order valence-corrected chi connectivity index (χ2v) is 3.74. The minimum Gasteiger partial charge on any atom is -0.383 e. The molecule has 0 spiro atoms. The van der Waals surface area contributed by atoms with E-state index in [4.69, 9.17) is 4.74 Å². The lowest BCUT2D eigenvalue weighted by Crippen LogP contribution is -2.30. The van der Waals surface area contributed by atoms with Gasteiger partial charge in [0.25, 0.3) is 0 Å². The summed E-state index contributed by atoms with van der Waals surface area (Å²) in [6.07, 6.45) is 2.34. The van der Waals surface area contributed by atoms with Crippen molar-refractivity contribution in [3.63, 3.8) is 0 Å². The highest BCUT2D eigenvalue weighted by molar-refractivity contribution is 5.41. The third kappa shape index (κ3) is 2.65. The van der Waals surface area contributed by atoms with Gasteiger partial charge in [0.05, 0.1) is 6.61 Å². The Morgan fingerprint density at radius 3 is 2.93 bits per heavy atom. The molecular formula is C11H15FN2O. The number of rotatable bonds is 5. The predicted octanol–water partition coefficient (Wildman–Crippen LogP) is 1.84. The molecule has 1 aromatic heterocycles. The number of pyridine rings is 1. The minimum atomic E-state index is -0.421. The first-order valence-electron chi connectivity index (χ1n) is 5.19. The molecule has 4 heteroatoms. The van der Waals surface area contributed by atoms with Crippen molar-refractivity contribution in [2.24, 2.45) is 0 Å². The van der Waals surface area contributed by atoms with Crippen LogP contribution >= 0.6 is 0 Å². The molecule has 15 heavy (non-hydrogen) atoms. The first kappa shape index (κ1) is 10.4. The maximum atomic E-state index is 13.0. The minimum absolute atomic E-state index is 0.421. The molecule has 1 aliphatic rings. The van der Waals surface area contributed by atoms with Crippen LogP contribution in [0.2, 0.25) is 0 Å². The lowest BCUT2D eigenvalue weighted by atomic mass is 10.4. The third-order valence-corrected chi connectivity index (χ3v) is 2.52. The zero-order valence-electron chi connectivity index (χ0n) is 8.82. The van der Waals surface area contributed by atoms with Crippen molar-refractivity contribution in [1.82, 2.24) is 4.98 Å². The van der Waals surface area contributed by atoms with Gasteiger partial charge >= 0.3 is 0 Å². The number of nitrogens with zero attached hydrogens (tertiary/aromatic N) is 2. The first-order chi connectivity index (χ1) is 7.31. The van der Waals surface area contributed by atoms with Crippen LogP contribution < -0.4 is 4.90 Å². The fourth-order valence-electron chi connectivity index (χ4n) is 1.62. The molecule has 1 saturated carbocycles. The van der Waals surface area contributed by atoms with Gasteiger partial charge in [-0.25, -0.2) is 4.98 Å². The second-order valence-electron chi connectivity index (χ2n) is 3.74. The normalized spacial score (nSPS) is 15.3. The van der Waals surface area contributed by atoms with Crippen molar-refractivity contribution in [3.05, 3.63) is 24.1 Å². The lowest BCUT2D eigenvalue weighted by molar-refractivity contribution is 0.204. The van der Waals surface area contributed by atoms with Crippen LogP contribution in [0, 0.1) is 5.95 Å². The Balaban J connectivity index is 2.09. The summed E-state index contributed by atoms with van der Waals surface area (Å²) in [6, 6.07) is 5.43. The van der Waals surface area contributed by atoms with Crippen molar-refractivity contribution in [2.75, 3.05) is 25.2 Å². The van der Waals surface area contributed by atoms with Crippen LogP contribution in [0.1, 0.15) is 12.8 Å². The van der Waals surface area contributed by atoms with Gasteiger partial charge in [-0.2, -0.15) is 4.39 Å². The average Bonchev–Trinajstić information content (AvgIpc) is 3.03. The van der Waals surface area contributed by atoms with Gasteiger partial charge in [0.1, 0.15) is 5.82 Å². The maximum absolute atomic E-state index is 13.0. The first-order valence-corrected chi connectivity index (χ1v) is 5.19. The van der Waals surface area contributed by atoms with Gasteiger partial charge < -0.3 is 9.64 Å². The number of ether oxygens (including phenoxy) is 1. The topological polar surface area (TPSA) is 25.4 Å². The van der Waals surface area contributed by atoms with Gasteiger partial charge in [-0.1, -0.05) is 6.07 Å². The van der Waals surface area contributed by atoms with Gasteiger partial charge in [-0.15, -0.1) is 0 Å². The Kier molecular flexibility index (Phi) is 3.16. The Labute approximate surface area is 88.9 Å². The largest absolute Gasteiger partial charge is 0.383 e. The predicted molar refractivity (Wildman–Crippen MR) is 56.4 cm³/mol. The van der Waals surface area contributed by atoms with E-state index in [1.807, 2.05) is 6.07 Å². The molecule has 1 aliphatic carbocycles. The van der Waals surface area contributed by atoms with E-state index in [2.05, 4.69) is 9.88 Å². The molecule has 1 aromatic rings. The Morgan fingerprint density at radius 2 is 2.33 bits per heavy atom. The van der Waals surface area contributed by atoms with Crippen LogP contribution in [-0.2, 0) is 4.74 Å². The van der Waals surface area contributed by atoms with Gasteiger partial charge in [-0.3, -0.25) is 0 Å². The summed E-state index contributed by atoms with van der Waals surface area (Å²) in [6.45, 7) is 1.42. The van der Waals surface area contributed by atoms with E-state index in [0.29, 0.717) is 12.6 Å². The number of hydrogen-bond acceptors (Lipinski definition) is 3. The molecule has 0 aromatic carbocycles. The number of halogens is 1. The number of aromatic nitrogens is 1. The van der Waals surface area contributed by atoms with Gasteiger partial charge in [0.2, 0.25) is 5.95 Å². The highest BCUT2D eigenvalue weighted by Gasteiger charge is 2.29. The molecule has 2 rings (SSSR count). The maximum Gasteiger partial charge on any atom is 0.214 e. The highest BCUT2D eigenvalue weighted by Crippen LogP contribution is 2.30. The van der Waals surface area contributed by atoms with Crippen LogP contribution in [0.5, 0.6) is 0 Å². The Morgan fingerprint density at radius 1 is 1.53 bits per heavy atom. The van der Waals surface area contributed by atoms with Crippen molar-refractivity contribution >= 4 is 5.82 Å². The summed E-state index contributed by atoms with van der Waals surface area (Å²) in [7, 11) is 1.67. The van der Waals surface area contributed by atoms with E-state index < -0.39 is 5.95 Å². The summed E-state index contributed by atoms with van der Waals surface area (Å²) in [5, 5.41) is 0. The van der Waals surface area contributed by atoms with Crippen molar-refractivity contribution < 1.29 is 9.13 Å². The zero-order chi connectivity index (χ0) is 10.7. The fourth-order valence-corrected chi connectivity index (χ4v) is 1.62. The van der Waals surface area contributed by atoms with Crippen molar-refractivity contribution in [2.45, 2.75) is 18.9 Å². The molecule has 1 fully saturated rings. The van der Waals surface area contributed by atoms with Gasteiger partial charge in [0, 0.05) is 19.7 Å². The summed E-state index contributed by atoms with van der Waals surface area (Å²) in [5.74, 6) is 0.296. The summed E-state index contributed by atoms with van der Waals surface area (Å²) in [5.41, 5.74) is 0. The lowest BCUT2D eigenvalue weighted by Gasteiger charge is -2.22. The van der Waals surface area contributed by atoms with E-state index in [9.17, 15) is 4.39 Å². The molecule has 3 nitrogen and oxygen atoms in total. The Bertz CT molecular complexity index is 328. The van der Waals surface area contributed by atoms with Crippen molar-refractivity contribution in [1.29, 1.82) is 0 Å². The van der Waals surface area contributed by atoms with Crippen molar-refractivity contribution in [3.8, 4) is 0 Å². The van der Waals surface area contributed by atoms with E-state index in [1.165, 1.54) is 18.9 Å². The molecule has 0 radical (unpaired) electrons. The van der Waals surface area contributed by atoms with E-state index in [-0.39, 0.29) is 0 Å². The molecule has 0 N–H and O–H groups in total. The molecule has 1 heterocycles. The smallest absolute Gasteiger partial charge is 0.214 e. The molecule has 0 unspecified atom stereocenters. The van der Waals surface area contributed by atoms with Crippen LogP contribution in [-0.4, -0.2) is 31.3 Å². The third-order valence-electron chi connectivity index (χ3n) is 2.52. The van der Waals surface area contributed by atoms with Crippen LogP contribution in [0.15, 0.2) is 18.2 Å². The summed E-state index contributed by atoms with van der Waals surface area (Å²) < 4.78 is 18.0. The van der Waals surface area contributed by atoms with Gasteiger partial charge in [-0.05, 0) is 25.0 Å². The Hall–Kier alpha value is -1.16. The SMILES string of the molecule is COCCN(c1cccc(F)n1)C1CC1. The molecule has 0 amide bonds. The molecule has 82 valence electrons. The molecule has 0 saturated heterocycles. The quantitative estimate of drug-likeness (QED) is 0.693. The summed E-state index contributed by atoms with van der Waals surface area (Å²) in [4.78, 5) is 6.01. The molecule has 0 bridgehead atoms. The zero-order valence-corrected chi connectivity index (χ0v) is 8.82. The molecular weight excluding hydrogens is 195 g/mol. The fraction of sp³-hybridized carbons (Fsp3) is 0.545. The van der Waals surface area contributed by atoms with Crippen LogP contribution in [0.25, 0.3) is 0 Å². The van der Waals surface area contributed by atoms with E-state index >= 15 is 0 Å². The van der Waals surface area contributed by atoms with E-state index in [1.54, 1.807) is 13.2 Å². The second kappa shape index (κ2) is 4.57.